The zero-order valence-corrected chi connectivity index (χ0v) is 14.5. The number of nitrogens with zero attached hydrogens (tertiary/aromatic N) is 6. The molecule has 1 aliphatic rings. The minimum absolute atomic E-state index is 0.0772. The van der Waals surface area contributed by atoms with Gasteiger partial charge >= 0.3 is 0 Å². The standard InChI is InChI=1S/C15H17N7O2S/c1-9-18-12(24-19-9)6-3-7-16-14(23)13-10-4-2-5-11(10)25-15(13)22-8-17-20-21-22/h8H,2-7H2,1H3,(H,16,23). The Labute approximate surface area is 147 Å². The van der Waals surface area contributed by atoms with Crippen molar-refractivity contribution in [3.8, 4) is 5.00 Å². The van der Waals surface area contributed by atoms with Crippen LogP contribution in [0.5, 0.6) is 0 Å². The summed E-state index contributed by atoms with van der Waals surface area (Å²) >= 11 is 1.60. The summed E-state index contributed by atoms with van der Waals surface area (Å²) in [6, 6.07) is 0. The molecule has 0 atom stereocenters. The Morgan fingerprint density at radius 3 is 3.12 bits per heavy atom. The number of fused-ring (bicyclic) bond motifs is 1. The normalized spacial score (nSPS) is 13.2. The maximum Gasteiger partial charge on any atom is 0.254 e. The number of nitrogens with one attached hydrogen (secondary N) is 1. The van der Waals surface area contributed by atoms with Gasteiger partial charge < -0.3 is 9.84 Å². The van der Waals surface area contributed by atoms with Gasteiger partial charge in [0.25, 0.3) is 5.91 Å². The molecule has 1 amide bonds. The third kappa shape index (κ3) is 3.16. The van der Waals surface area contributed by atoms with E-state index in [0.717, 1.165) is 36.2 Å². The molecule has 1 aliphatic carbocycles. The summed E-state index contributed by atoms with van der Waals surface area (Å²) in [5.74, 6) is 1.14. The van der Waals surface area contributed by atoms with Crippen LogP contribution in [-0.4, -0.2) is 42.8 Å². The molecule has 0 aliphatic heterocycles. The van der Waals surface area contributed by atoms with Gasteiger partial charge in [0.15, 0.2) is 5.82 Å². The fourth-order valence-corrected chi connectivity index (χ4v) is 4.31. The molecule has 0 spiro atoms. The number of thiophene rings is 1. The molecule has 0 bridgehead atoms. The lowest BCUT2D eigenvalue weighted by molar-refractivity contribution is 0.0952. The molecule has 4 rings (SSSR count). The molecule has 3 heterocycles. The van der Waals surface area contributed by atoms with Crippen molar-refractivity contribution in [2.45, 2.75) is 39.0 Å². The predicted octanol–water partition coefficient (Wildman–Crippen LogP) is 1.27. The second kappa shape index (κ2) is 6.71. The smallest absolute Gasteiger partial charge is 0.254 e. The van der Waals surface area contributed by atoms with E-state index in [4.69, 9.17) is 4.52 Å². The molecule has 1 N–H and O–H groups in total. The van der Waals surface area contributed by atoms with Crippen LogP contribution >= 0.6 is 11.3 Å². The van der Waals surface area contributed by atoms with Gasteiger partial charge in [-0.2, -0.15) is 9.67 Å². The summed E-state index contributed by atoms with van der Waals surface area (Å²) in [4.78, 5) is 18.2. The lowest BCUT2D eigenvalue weighted by Crippen LogP contribution is -2.26. The van der Waals surface area contributed by atoms with Crippen LogP contribution in [-0.2, 0) is 19.3 Å². The van der Waals surface area contributed by atoms with Gasteiger partial charge in [0.1, 0.15) is 11.3 Å². The van der Waals surface area contributed by atoms with Crippen molar-refractivity contribution in [1.82, 2.24) is 35.7 Å². The fourth-order valence-electron chi connectivity index (χ4n) is 3.01. The maximum absolute atomic E-state index is 12.8. The highest BCUT2D eigenvalue weighted by molar-refractivity contribution is 7.15. The molecule has 3 aromatic rings. The van der Waals surface area contributed by atoms with E-state index in [1.165, 1.54) is 11.2 Å². The first-order chi connectivity index (χ1) is 12.2. The molecule has 0 saturated carbocycles. The van der Waals surface area contributed by atoms with Crippen molar-refractivity contribution in [3.05, 3.63) is 34.0 Å². The summed E-state index contributed by atoms with van der Waals surface area (Å²) < 4.78 is 6.64. The van der Waals surface area contributed by atoms with Crippen molar-refractivity contribution in [1.29, 1.82) is 0 Å². The number of amides is 1. The number of carbonyl (C=O) groups is 1. The quantitative estimate of drug-likeness (QED) is 0.660. The van der Waals surface area contributed by atoms with Crippen molar-refractivity contribution in [2.75, 3.05) is 6.54 Å². The minimum Gasteiger partial charge on any atom is -0.352 e. The summed E-state index contributed by atoms with van der Waals surface area (Å²) in [5.41, 5.74) is 1.85. The average molecular weight is 359 g/mol. The number of aryl methyl sites for hydroxylation is 3. The van der Waals surface area contributed by atoms with Crippen LogP contribution in [0.25, 0.3) is 5.00 Å². The van der Waals surface area contributed by atoms with Crippen molar-refractivity contribution < 1.29 is 9.32 Å². The monoisotopic (exact) mass is 359 g/mol. The van der Waals surface area contributed by atoms with E-state index in [-0.39, 0.29) is 5.91 Å². The molecule has 10 heteroatoms. The van der Waals surface area contributed by atoms with Crippen LogP contribution in [0.4, 0.5) is 0 Å². The SMILES string of the molecule is Cc1noc(CCCNC(=O)c2c(-n3cnnn3)sc3c2CCC3)n1. The maximum atomic E-state index is 12.8. The molecule has 9 nitrogen and oxygen atoms in total. The predicted molar refractivity (Wildman–Crippen MR) is 88.7 cm³/mol. The first-order valence-corrected chi connectivity index (χ1v) is 8.99. The van der Waals surface area contributed by atoms with Crippen LogP contribution in [0.15, 0.2) is 10.9 Å². The largest absolute Gasteiger partial charge is 0.352 e. The van der Waals surface area contributed by atoms with Crippen LogP contribution in [0, 0.1) is 6.92 Å². The highest BCUT2D eigenvalue weighted by Gasteiger charge is 2.27. The Hall–Kier alpha value is -2.62. The van der Waals surface area contributed by atoms with Gasteiger partial charge in [-0.1, -0.05) is 5.16 Å². The van der Waals surface area contributed by atoms with E-state index in [0.29, 0.717) is 30.2 Å². The lowest BCUT2D eigenvalue weighted by atomic mass is 10.1. The zero-order chi connectivity index (χ0) is 17.2. The van der Waals surface area contributed by atoms with E-state index in [2.05, 4.69) is 31.0 Å². The number of carbonyl (C=O) groups excluding carboxylic acids is 1. The van der Waals surface area contributed by atoms with E-state index < -0.39 is 0 Å². The average Bonchev–Trinajstić information content (AvgIpc) is 3.34. The van der Waals surface area contributed by atoms with Gasteiger partial charge in [0, 0.05) is 17.8 Å². The Balaban J connectivity index is 1.44. The van der Waals surface area contributed by atoms with Crippen molar-refractivity contribution in [2.24, 2.45) is 0 Å². The third-order valence-electron chi connectivity index (χ3n) is 4.11. The van der Waals surface area contributed by atoms with Gasteiger partial charge in [0.05, 0.1) is 5.56 Å². The molecule has 130 valence electrons. The van der Waals surface area contributed by atoms with E-state index in [9.17, 15) is 4.79 Å². The van der Waals surface area contributed by atoms with Gasteiger partial charge in [-0.25, -0.2) is 0 Å². The highest BCUT2D eigenvalue weighted by Crippen LogP contribution is 2.37. The molecule has 0 radical (unpaired) electrons. The molecule has 0 aromatic carbocycles. The number of hydrogen-bond acceptors (Lipinski definition) is 8. The summed E-state index contributed by atoms with van der Waals surface area (Å²) in [6.07, 6.45) is 5.93. The van der Waals surface area contributed by atoms with Crippen LogP contribution in [0.1, 0.15) is 45.4 Å². The Kier molecular flexibility index (Phi) is 4.26. The van der Waals surface area contributed by atoms with Gasteiger partial charge in [-0.3, -0.25) is 4.79 Å². The molecule has 3 aromatic heterocycles. The van der Waals surface area contributed by atoms with Crippen molar-refractivity contribution in [3.63, 3.8) is 0 Å². The Bertz CT molecular complexity index is 884. The number of rotatable bonds is 6. The third-order valence-corrected chi connectivity index (χ3v) is 5.39. The Morgan fingerprint density at radius 2 is 2.36 bits per heavy atom. The van der Waals surface area contributed by atoms with Crippen molar-refractivity contribution >= 4 is 17.2 Å². The second-order valence-electron chi connectivity index (χ2n) is 5.89. The molecule has 0 saturated heterocycles. The zero-order valence-electron chi connectivity index (χ0n) is 13.7. The van der Waals surface area contributed by atoms with Crippen LogP contribution in [0.3, 0.4) is 0 Å². The summed E-state index contributed by atoms with van der Waals surface area (Å²) in [7, 11) is 0. The molecular formula is C15H17N7O2S. The lowest BCUT2D eigenvalue weighted by Gasteiger charge is -2.07. The number of tetrazole rings is 1. The first-order valence-electron chi connectivity index (χ1n) is 8.17. The molecule has 0 fully saturated rings. The van der Waals surface area contributed by atoms with Gasteiger partial charge in [-0.15, -0.1) is 16.4 Å². The molecule has 25 heavy (non-hydrogen) atoms. The van der Waals surface area contributed by atoms with E-state index in [1.807, 2.05) is 0 Å². The van der Waals surface area contributed by atoms with E-state index in [1.54, 1.807) is 22.9 Å². The van der Waals surface area contributed by atoms with Crippen LogP contribution < -0.4 is 5.32 Å². The fraction of sp³-hybridized carbons (Fsp3) is 0.467. The Morgan fingerprint density at radius 1 is 1.44 bits per heavy atom. The number of aromatic nitrogens is 6. The first kappa shape index (κ1) is 15.9. The highest BCUT2D eigenvalue weighted by atomic mass is 32.1. The molecular weight excluding hydrogens is 342 g/mol. The summed E-state index contributed by atoms with van der Waals surface area (Å²) in [6.45, 7) is 2.33. The van der Waals surface area contributed by atoms with E-state index >= 15 is 0 Å². The summed E-state index contributed by atoms with van der Waals surface area (Å²) in [5, 5.41) is 18.8. The topological polar surface area (TPSA) is 112 Å². The second-order valence-corrected chi connectivity index (χ2v) is 6.97. The number of hydrogen-bond donors (Lipinski definition) is 1. The van der Waals surface area contributed by atoms with Gasteiger partial charge in [-0.05, 0) is 48.6 Å². The van der Waals surface area contributed by atoms with Crippen LogP contribution in [0.2, 0.25) is 0 Å². The van der Waals surface area contributed by atoms with Gasteiger partial charge in [0.2, 0.25) is 5.89 Å². The molecule has 0 unspecified atom stereocenters. The minimum atomic E-state index is -0.0772.